The van der Waals surface area contributed by atoms with E-state index in [0.29, 0.717) is 12.5 Å². The van der Waals surface area contributed by atoms with Gasteiger partial charge >= 0.3 is 0 Å². The first-order chi connectivity index (χ1) is 9.76. The number of hydrogen-bond donors (Lipinski definition) is 1. The van der Waals surface area contributed by atoms with Crippen LogP contribution in [0, 0.1) is 5.92 Å². The average molecular weight is 286 g/mol. The molecule has 1 aromatic carbocycles. The molecule has 0 spiro atoms. The van der Waals surface area contributed by atoms with Gasteiger partial charge in [-0.2, -0.15) is 0 Å². The SMILES string of the molecule is CC1CCCC(c2nc(-c3cccc(CN)c3)cs2)C1. The second kappa shape index (κ2) is 6.06. The minimum atomic E-state index is 0.588. The first-order valence-corrected chi connectivity index (χ1v) is 8.39. The molecule has 3 rings (SSSR count). The molecule has 0 saturated heterocycles. The van der Waals surface area contributed by atoms with Gasteiger partial charge < -0.3 is 5.73 Å². The molecule has 0 bridgehead atoms. The first-order valence-electron chi connectivity index (χ1n) is 7.51. The number of nitrogens with two attached hydrogens (primary N) is 1. The maximum absolute atomic E-state index is 5.72. The number of thiazole rings is 1. The van der Waals surface area contributed by atoms with Crippen molar-refractivity contribution >= 4 is 11.3 Å². The largest absolute Gasteiger partial charge is 0.326 e. The predicted molar refractivity (Wildman–Crippen MR) is 85.8 cm³/mol. The van der Waals surface area contributed by atoms with Crippen molar-refractivity contribution in [3.8, 4) is 11.3 Å². The smallest absolute Gasteiger partial charge is 0.0963 e. The van der Waals surface area contributed by atoms with Crippen LogP contribution in [0.5, 0.6) is 0 Å². The van der Waals surface area contributed by atoms with Crippen LogP contribution in [-0.4, -0.2) is 4.98 Å². The van der Waals surface area contributed by atoms with Gasteiger partial charge in [0.2, 0.25) is 0 Å². The molecule has 0 radical (unpaired) electrons. The Balaban J connectivity index is 1.82. The van der Waals surface area contributed by atoms with Gasteiger partial charge in [0.1, 0.15) is 0 Å². The van der Waals surface area contributed by atoms with Crippen LogP contribution in [-0.2, 0) is 6.54 Å². The lowest BCUT2D eigenvalue weighted by molar-refractivity contribution is 0.343. The molecule has 1 aliphatic rings. The van der Waals surface area contributed by atoms with E-state index in [0.717, 1.165) is 11.6 Å². The highest BCUT2D eigenvalue weighted by Crippen LogP contribution is 2.38. The number of benzene rings is 1. The number of rotatable bonds is 3. The summed E-state index contributed by atoms with van der Waals surface area (Å²) in [7, 11) is 0. The van der Waals surface area contributed by atoms with Gasteiger partial charge in [0, 0.05) is 23.4 Å². The monoisotopic (exact) mass is 286 g/mol. The molecule has 1 fully saturated rings. The van der Waals surface area contributed by atoms with Crippen molar-refractivity contribution in [3.63, 3.8) is 0 Å². The molecule has 1 saturated carbocycles. The molecule has 106 valence electrons. The highest BCUT2D eigenvalue weighted by atomic mass is 32.1. The molecule has 2 unspecified atom stereocenters. The van der Waals surface area contributed by atoms with E-state index in [1.54, 1.807) is 0 Å². The lowest BCUT2D eigenvalue weighted by Gasteiger charge is -2.24. The van der Waals surface area contributed by atoms with E-state index in [4.69, 9.17) is 10.7 Å². The molecule has 0 amide bonds. The molecule has 2 nitrogen and oxygen atoms in total. The van der Waals surface area contributed by atoms with Gasteiger partial charge in [0.15, 0.2) is 0 Å². The van der Waals surface area contributed by atoms with Crippen LogP contribution in [0.1, 0.15) is 49.1 Å². The van der Waals surface area contributed by atoms with Crippen molar-refractivity contribution < 1.29 is 0 Å². The van der Waals surface area contributed by atoms with Crippen molar-refractivity contribution in [1.82, 2.24) is 4.98 Å². The maximum Gasteiger partial charge on any atom is 0.0963 e. The van der Waals surface area contributed by atoms with Gasteiger partial charge in [-0.25, -0.2) is 4.98 Å². The third-order valence-electron chi connectivity index (χ3n) is 4.27. The van der Waals surface area contributed by atoms with Crippen LogP contribution in [0.15, 0.2) is 29.6 Å². The molecular weight excluding hydrogens is 264 g/mol. The average Bonchev–Trinajstić information content (AvgIpc) is 2.97. The standard InChI is InChI=1S/C17H22N2S/c1-12-4-2-7-15(8-12)17-19-16(11-20-17)14-6-3-5-13(9-14)10-18/h3,5-6,9,11-12,15H,2,4,7-8,10,18H2,1H3. The van der Waals surface area contributed by atoms with E-state index >= 15 is 0 Å². The second-order valence-corrected chi connectivity index (χ2v) is 6.83. The third kappa shape index (κ3) is 2.94. The lowest BCUT2D eigenvalue weighted by atomic mass is 9.83. The zero-order valence-electron chi connectivity index (χ0n) is 12.0. The van der Waals surface area contributed by atoms with E-state index < -0.39 is 0 Å². The van der Waals surface area contributed by atoms with Crippen LogP contribution in [0.25, 0.3) is 11.3 Å². The quantitative estimate of drug-likeness (QED) is 0.898. The van der Waals surface area contributed by atoms with Gasteiger partial charge in [0.25, 0.3) is 0 Å². The summed E-state index contributed by atoms with van der Waals surface area (Å²) in [6.07, 6.45) is 5.34. The van der Waals surface area contributed by atoms with Crippen molar-refractivity contribution in [2.24, 2.45) is 11.7 Å². The Morgan fingerprint density at radius 3 is 3.05 bits per heavy atom. The van der Waals surface area contributed by atoms with Crippen molar-refractivity contribution in [3.05, 3.63) is 40.2 Å². The molecule has 1 aliphatic carbocycles. The van der Waals surface area contributed by atoms with Crippen LogP contribution >= 0.6 is 11.3 Å². The fourth-order valence-electron chi connectivity index (χ4n) is 3.12. The van der Waals surface area contributed by atoms with Crippen LogP contribution in [0.3, 0.4) is 0 Å². The van der Waals surface area contributed by atoms with Gasteiger partial charge in [0.05, 0.1) is 10.7 Å². The maximum atomic E-state index is 5.72. The van der Waals surface area contributed by atoms with Gasteiger partial charge in [-0.3, -0.25) is 0 Å². The molecule has 2 aromatic rings. The van der Waals surface area contributed by atoms with E-state index in [1.165, 1.54) is 41.8 Å². The summed E-state index contributed by atoms with van der Waals surface area (Å²) in [6.45, 7) is 2.95. The van der Waals surface area contributed by atoms with E-state index in [2.05, 4.69) is 36.6 Å². The van der Waals surface area contributed by atoms with E-state index in [9.17, 15) is 0 Å². The van der Waals surface area contributed by atoms with Crippen LogP contribution < -0.4 is 5.73 Å². The number of nitrogens with zero attached hydrogens (tertiary/aromatic N) is 1. The van der Waals surface area contributed by atoms with E-state index in [-0.39, 0.29) is 0 Å². The minimum absolute atomic E-state index is 0.588. The molecule has 1 aromatic heterocycles. The normalized spacial score (nSPS) is 22.9. The molecule has 20 heavy (non-hydrogen) atoms. The summed E-state index contributed by atoms with van der Waals surface area (Å²) in [5.74, 6) is 1.52. The third-order valence-corrected chi connectivity index (χ3v) is 5.27. The van der Waals surface area contributed by atoms with E-state index in [1.807, 2.05) is 11.3 Å². The first kappa shape index (κ1) is 13.8. The number of aromatic nitrogens is 1. The fourth-order valence-corrected chi connectivity index (χ4v) is 4.10. The van der Waals surface area contributed by atoms with Crippen LogP contribution in [0.2, 0.25) is 0 Å². The molecule has 2 N–H and O–H groups in total. The summed E-state index contributed by atoms with van der Waals surface area (Å²) in [5.41, 5.74) is 9.19. The predicted octanol–water partition coefficient (Wildman–Crippen LogP) is 4.56. The molecule has 3 heteroatoms. The molecule has 2 atom stereocenters. The molecule has 1 heterocycles. The Morgan fingerprint density at radius 2 is 2.25 bits per heavy atom. The van der Waals surface area contributed by atoms with Crippen LogP contribution in [0.4, 0.5) is 0 Å². The second-order valence-electron chi connectivity index (χ2n) is 5.94. The van der Waals surface area contributed by atoms with Crippen molar-refractivity contribution in [1.29, 1.82) is 0 Å². The highest BCUT2D eigenvalue weighted by Gasteiger charge is 2.23. The Labute approximate surface area is 125 Å². The zero-order chi connectivity index (χ0) is 13.9. The Morgan fingerprint density at radius 1 is 1.35 bits per heavy atom. The van der Waals surface area contributed by atoms with Gasteiger partial charge in [-0.15, -0.1) is 11.3 Å². The summed E-state index contributed by atoms with van der Waals surface area (Å²) < 4.78 is 0. The zero-order valence-corrected chi connectivity index (χ0v) is 12.8. The Hall–Kier alpha value is -1.19. The summed E-state index contributed by atoms with van der Waals surface area (Å²) in [4.78, 5) is 4.89. The van der Waals surface area contributed by atoms with Gasteiger partial charge in [-0.1, -0.05) is 38.0 Å². The lowest BCUT2D eigenvalue weighted by Crippen LogP contribution is -2.11. The highest BCUT2D eigenvalue weighted by molar-refractivity contribution is 7.10. The Bertz CT molecular complexity index is 576. The molecule has 0 aliphatic heterocycles. The summed E-state index contributed by atoms with van der Waals surface area (Å²) >= 11 is 1.82. The topological polar surface area (TPSA) is 38.9 Å². The number of hydrogen-bond acceptors (Lipinski definition) is 3. The summed E-state index contributed by atoms with van der Waals surface area (Å²) in [5, 5.41) is 3.52. The Kier molecular flexibility index (Phi) is 4.18. The van der Waals surface area contributed by atoms with Crippen molar-refractivity contribution in [2.45, 2.75) is 45.1 Å². The fraction of sp³-hybridized carbons (Fsp3) is 0.471. The minimum Gasteiger partial charge on any atom is -0.326 e. The summed E-state index contributed by atoms with van der Waals surface area (Å²) in [6, 6.07) is 8.42. The van der Waals surface area contributed by atoms with Gasteiger partial charge in [-0.05, 0) is 30.4 Å². The molecular formula is C17H22N2S. The van der Waals surface area contributed by atoms with Crippen molar-refractivity contribution in [2.75, 3.05) is 0 Å².